The largest absolute Gasteiger partial charge is 0.346 e. The maximum Gasteiger partial charge on any atom is 0.217 e. The van der Waals surface area contributed by atoms with Gasteiger partial charge in [0, 0.05) is 25.4 Å². The predicted octanol–water partition coefficient (Wildman–Crippen LogP) is 3.57. The summed E-state index contributed by atoms with van der Waals surface area (Å²) in [6.07, 6.45) is 1.90. The van der Waals surface area contributed by atoms with Gasteiger partial charge < -0.3 is 10.6 Å². The molecule has 7 nitrogen and oxygen atoms in total. The third-order valence-electron chi connectivity index (χ3n) is 3.71. The molecule has 2 atom stereocenters. The molecule has 1 aromatic carbocycles. The number of hydrogen-bond acceptors (Lipinski definition) is 9. The number of para-hydroxylation sites is 1. The summed E-state index contributed by atoms with van der Waals surface area (Å²) in [5.74, 6) is 0.826. The number of nitrogens with one attached hydrogen (secondary N) is 2. The molecule has 0 aliphatic heterocycles. The van der Waals surface area contributed by atoms with Crippen LogP contribution in [-0.2, 0) is 19.2 Å². The zero-order chi connectivity index (χ0) is 23.4. The Balaban J connectivity index is 0.000000373. The number of fused-ring (bicyclic) bond motifs is 1. The van der Waals surface area contributed by atoms with Crippen LogP contribution in [-0.4, -0.2) is 58.2 Å². The molecule has 1 heterocycles. The van der Waals surface area contributed by atoms with Crippen molar-refractivity contribution < 1.29 is 19.2 Å². The van der Waals surface area contributed by atoms with Gasteiger partial charge in [-0.05, 0) is 43.0 Å². The van der Waals surface area contributed by atoms with Crippen LogP contribution >= 0.6 is 44.7 Å². The molecule has 0 spiro atoms. The second kappa shape index (κ2) is 14.5. The van der Waals surface area contributed by atoms with Crippen molar-refractivity contribution in [2.24, 2.45) is 0 Å². The van der Waals surface area contributed by atoms with Crippen LogP contribution in [0.3, 0.4) is 0 Å². The molecule has 11 heteroatoms. The number of thiazole rings is 1. The normalized spacial score (nSPS) is 12.3. The van der Waals surface area contributed by atoms with Crippen molar-refractivity contribution in [3.63, 3.8) is 0 Å². The maximum atomic E-state index is 11.4. The first-order chi connectivity index (χ1) is 14.6. The van der Waals surface area contributed by atoms with Crippen LogP contribution in [0, 0.1) is 0 Å². The van der Waals surface area contributed by atoms with Crippen molar-refractivity contribution in [3.05, 3.63) is 24.3 Å². The number of rotatable bonds is 10. The maximum absolute atomic E-state index is 11.4. The van der Waals surface area contributed by atoms with Crippen LogP contribution in [0.1, 0.15) is 27.7 Å². The molecule has 0 fully saturated rings. The second-order valence-electron chi connectivity index (χ2n) is 6.50. The SMILES string of the molecule is CC(=O)NC(CSSc1nc2ccccc2s1)C(C)=O.CSCC(NC(C)=O)C(C)=O. The lowest BCUT2D eigenvalue weighted by molar-refractivity contribution is -0.125. The first-order valence-electron chi connectivity index (χ1n) is 9.33. The molecule has 0 bridgehead atoms. The zero-order valence-electron chi connectivity index (χ0n) is 18.1. The number of carbonyl (C=O) groups excluding carboxylic acids is 4. The molecule has 0 radical (unpaired) electrons. The molecule has 2 unspecified atom stereocenters. The van der Waals surface area contributed by atoms with Crippen LogP contribution in [0.25, 0.3) is 10.2 Å². The molecule has 0 saturated heterocycles. The highest BCUT2D eigenvalue weighted by molar-refractivity contribution is 8.77. The van der Waals surface area contributed by atoms with Crippen molar-refractivity contribution >= 4 is 78.3 Å². The van der Waals surface area contributed by atoms with Crippen LogP contribution < -0.4 is 10.6 Å². The van der Waals surface area contributed by atoms with E-state index in [1.165, 1.54) is 49.3 Å². The number of ketones is 2. The number of aromatic nitrogens is 1. The van der Waals surface area contributed by atoms with Gasteiger partial charge in [0.25, 0.3) is 0 Å². The molecule has 0 saturated carbocycles. The average Bonchev–Trinajstić information content (AvgIpc) is 3.09. The van der Waals surface area contributed by atoms with Gasteiger partial charge in [-0.3, -0.25) is 19.2 Å². The number of nitrogens with zero attached hydrogens (tertiary/aromatic N) is 1. The van der Waals surface area contributed by atoms with Crippen LogP contribution in [0.4, 0.5) is 0 Å². The lowest BCUT2D eigenvalue weighted by atomic mass is 10.2. The summed E-state index contributed by atoms with van der Waals surface area (Å²) in [5, 5.41) is 5.22. The number of hydrogen-bond donors (Lipinski definition) is 2. The van der Waals surface area contributed by atoms with Gasteiger partial charge in [-0.1, -0.05) is 22.9 Å². The zero-order valence-corrected chi connectivity index (χ0v) is 21.4. The Kier molecular flexibility index (Phi) is 12.8. The number of benzene rings is 1. The van der Waals surface area contributed by atoms with Crippen molar-refractivity contribution in [2.45, 2.75) is 44.1 Å². The average molecular weight is 502 g/mol. The van der Waals surface area contributed by atoms with Crippen LogP contribution in [0.2, 0.25) is 0 Å². The highest BCUT2D eigenvalue weighted by Crippen LogP contribution is 2.36. The van der Waals surface area contributed by atoms with E-state index in [9.17, 15) is 19.2 Å². The number of amides is 2. The summed E-state index contributed by atoms with van der Waals surface area (Å²) in [5.41, 5.74) is 0.991. The quantitative estimate of drug-likeness (QED) is 0.476. The van der Waals surface area contributed by atoms with Gasteiger partial charge in [-0.25, -0.2) is 4.98 Å². The minimum atomic E-state index is -0.431. The summed E-state index contributed by atoms with van der Waals surface area (Å²) in [4.78, 5) is 48.3. The van der Waals surface area contributed by atoms with E-state index in [1.54, 1.807) is 23.1 Å². The summed E-state index contributed by atoms with van der Waals surface area (Å²) < 4.78 is 2.11. The first kappa shape index (κ1) is 27.5. The standard InChI is InChI=1S/C13H14N2O2S3.C7H13NO2S/c1-8(16)11(14-9(2)17)7-18-20-13-15-10-5-3-4-6-12(10)19-13;1-5(9)7(4-11-3)8-6(2)10/h3-6,11H,7H2,1-2H3,(H,14,17);7H,4H2,1-3H3,(H,8,10). The third-order valence-corrected chi connectivity index (χ3v) is 8.08. The number of Topliss-reactive ketones (excluding diaryl/α,β-unsaturated/α-hetero) is 2. The van der Waals surface area contributed by atoms with Crippen molar-refractivity contribution in [2.75, 3.05) is 17.8 Å². The minimum Gasteiger partial charge on any atom is -0.346 e. The smallest absolute Gasteiger partial charge is 0.217 e. The Morgan fingerprint density at radius 1 is 0.935 bits per heavy atom. The Morgan fingerprint density at radius 3 is 1.97 bits per heavy atom. The van der Waals surface area contributed by atoms with Gasteiger partial charge in [-0.2, -0.15) is 11.8 Å². The lowest BCUT2D eigenvalue weighted by Crippen LogP contribution is -2.40. The Hall–Kier alpha value is -1.56. The molecule has 0 aliphatic rings. The molecule has 2 rings (SSSR count). The fraction of sp³-hybridized carbons (Fsp3) is 0.450. The van der Waals surface area contributed by atoms with Gasteiger partial charge in [0.2, 0.25) is 11.8 Å². The van der Waals surface area contributed by atoms with Gasteiger partial charge in [0.15, 0.2) is 15.9 Å². The van der Waals surface area contributed by atoms with E-state index in [-0.39, 0.29) is 29.4 Å². The van der Waals surface area contributed by atoms with Crippen molar-refractivity contribution in [3.8, 4) is 0 Å². The summed E-state index contributed by atoms with van der Waals surface area (Å²) in [7, 11) is 3.07. The molecule has 170 valence electrons. The second-order valence-corrected chi connectivity index (χ2v) is 11.0. The topological polar surface area (TPSA) is 105 Å². The molecular weight excluding hydrogens is 475 g/mol. The first-order valence-corrected chi connectivity index (χ1v) is 13.9. The molecule has 2 N–H and O–H groups in total. The van der Waals surface area contributed by atoms with Crippen molar-refractivity contribution in [1.29, 1.82) is 0 Å². The highest BCUT2D eigenvalue weighted by atomic mass is 33.1. The summed E-state index contributed by atoms with van der Waals surface area (Å²) >= 11 is 3.17. The third kappa shape index (κ3) is 11.0. The molecular formula is C20H27N3O4S4. The summed E-state index contributed by atoms with van der Waals surface area (Å²) in [6.45, 7) is 5.80. The van der Waals surface area contributed by atoms with Gasteiger partial charge in [0.05, 0.1) is 22.3 Å². The molecule has 31 heavy (non-hydrogen) atoms. The van der Waals surface area contributed by atoms with E-state index in [1.807, 2.05) is 30.5 Å². The Morgan fingerprint density at radius 2 is 1.48 bits per heavy atom. The highest BCUT2D eigenvalue weighted by Gasteiger charge is 2.16. The van der Waals surface area contributed by atoms with Gasteiger partial charge >= 0.3 is 0 Å². The fourth-order valence-corrected chi connectivity index (χ4v) is 6.50. The molecule has 1 aromatic heterocycles. The number of thioether (sulfide) groups is 1. The summed E-state index contributed by atoms with van der Waals surface area (Å²) in [6, 6.07) is 7.23. The van der Waals surface area contributed by atoms with E-state index < -0.39 is 6.04 Å². The van der Waals surface area contributed by atoms with E-state index >= 15 is 0 Å². The Bertz CT molecular complexity index is 870. The van der Waals surface area contributed by atoms with Crippen LogP contribution in [0.15, 0.2) is 28.6 Å². The predicted molar refractivity (Wildman–Crippen MR) is 133 cm³/mol. The minimum absolute atomic E-state index is 0.00884. The van der Waals surface area contributed by atoms with E-state index in [0.717, 1.165) is 14.6 Å². The monoisotopic (exact) mass is 501 g/mol. The van der Waals surface area contributed by atoms with Crippen molar-refractivity contribution in [1.82, 2.24) is 15.6 Å². The van der Waals surface area contributed by atoms with E-state index in [0.29, 0.717) is 11.5 Å². The van der Waals surface area contributed by atoms with E-state index in [4.69, 9.17) is 0 Å². The lowest BCUT2D eigenvalue weighted by Gasteiger charge is -2.12. The molecule has 2 amide bonds. The number of carbonyl (C=O) groups is 4. The van der Waals surface area contributed by atoms with Gasteiger partial charge in [-0.15, -0.1) is 11.3 Å². The van der Waals surface area contributed by atoms with Crippen LogP contribution in [0.5, 0.6) is 0 Å². The van der Waals surface area contributed by atoms with Gasteiger partial charge in [0.1, 0.15) is 0 Å². The molecule has 2 aromatic rings. The van der Waals surface area contributed by atoms with E-state index in [2.05, 4.69) is 15.6 Å². The fourth-order valence-electron chi connectivity index (χ4n) is 2.22. The molecule has 0 aliphatic carbocycles. The Labute approximate surface area is 198 Å².